The van der Waals surface area contributed by atoms with Crippen LogP contribution in [0.4, 0.5) is 13.2 Å². The molecule has 0 fully saturated rings. The van der Waals surface area contributed by atoms with E-state index < -0.39 is 11.7 Å². The van der Waals surface area contributed by atoms with Gasteiger partial charge < -0.3 is 4.90 Å². The number of likely N-dealkylation sites (N-methyl/N-ethyl adjacent to an activating group) is 1. The van der Waals surface area contributed by atoms with E-state index in [2.05, 4.69) is 5.10 Å². The molecular formula is C26H21F3N4O2. The second-order valence-electron chi connectivity index (χ2n) is 8.67. The van der Waals surface area contributed by atoms with E-state index in [1.54, 1.807) is 41.3 Å². The summed E-state index contributed by atoms with van der Waals surface area (Å²) in [4.78, 5) is 29.5. The Hall–Kier alpha value is -3.98. The molecule has 0 saturated carbocycles. The van der Waals surface area contributed by atoms with Gasteiger partial charge in [-0.05, 0) is 50.0 Å². The lowest BCUT2D eigenvalue weighted by molar-refractivity contribution is -0.137. The van der Waals surface area contributed by atoms with Crippen LogP contribution < -0.4 is 0 Å². The summed E-state index contributed by atoms with van der Waals surface area (Å²) in [6, 6.07) is 13.6. The van der Waals surface area contributed by atoms with Crippen LogP contribution in [-0.2, 0) is 6.18 Å². The van der Waals surface area contributed by atoms with Crippen molar-refractivity contribution in [3.05, 3.63) is 83.7 Å². The molecule has 35 heavy (non-hydrogen) atoms. The summed E-state index contributed by atoms with van der Waals surface area (Å²) in [5.74, 6) is -0.670. The molecule has 0 N–H and O–H groups in total. The zero-order valence-electron chi connectivity index (χ0n) is 19.0. The number of carbonyl (C=O) groups excluding carboxylic acids is 2. The number of hydrogen-bond donors (Lipinski definition) is 0. The predicted octanol–water partition coefficient (Wildman–Crippen LogP) is 4.87. The average molecular weight is 478 g/mol. The van der Waals surface area contributed by atoms with Crippen LogP contribution in [0.25, 0.3) is 27.6 Å². The van der Waals surface area contributed by atoms with Crippen molar-refractivity contribution in [3.63, 3.8) is 0 Å². The minimum Gasteiger partial charge on any atom is -0.308 e. The van der Waals surface area contributed by atoms with Gasteiger partial charge in [-0.25, -0.2) is 4.68 Å². The third kappa shape index (κ3) is 3.97. The average Bonchev–Trinajstić information content (AvgIpc) is 3.31. The lowest BCUT2D eigenvalue weighted by atomic mass is 9.93. The Kier molecular flexibility index (Phi) is 5.44. The Morgan fingerprint density at radius 3 is 2.23 bits per heavy atom. The van der Waals surface area contributed by atoms with Gasteiger partial charge in [-0.2, -0.15) is 18.3 Å². The zero-order valence-corrected chi connectivity index (χ0v) is 19.0. The molecule has 5 rings (SSSR count). The molecule has 0 unspecified atom stereocenters. The Morgan fingerprint density at radius 1 is 0.886 bits per heavy atom. The van der Waals surface area contributed by atoms with Crippen LogP contribution in [0.1, 0.15) is 26.3 Å². The minimum absolute atomic E-state index is 0.290. The largest absolute Gasteiger partial charge is 0.416 e. The monoisotopic (exact) mass is 478 g/mol. The summed E-state index contributed by atoms with van der Waals surface area (Å²) in [5, 5.41) is 5.67. The van der Waals surface area contributed by atoms with Crippen LogP contribution in [0, 0.1) is 0 Å². The molecule has 0 atom stereocenters. The van der Waals surface area contributed by atoms with Gasteiger partial charge in [0, 0.05) is 46.7 Å². The fraction of sp³-hybridized carbons (Fsp3) is 0.192. The number of benzene rings is 3. The van der Waals surface area contributed by atoms with Crippen molar-refractivity contribution in [1.82, 2.24) is 19.6 Å². The molecule has 2 heterocycles. The molecule has 6 nitrogen and oxygen atoms in total. The molecule has 1 aromatic heterocycles. The number of aromatic nitrogens is 2. The van der Waals surface area contributed by atoms with Gasteiger partial charge >= 0.3 is 6.18 Å². The molecule has 3 aromatic carbocycles. The highest BCUT2D eigenvalue weighted by Gasteiger charge is 2.33. The van der Waals surface area contributed by atoms with Crippen LogP contribution in [0.3, 0.4) is 0 Å². The zero-order chi connectivity index (χ0) is 24.9. The molecule has 178 valence electrons. The fourth-order valence-corrected chi connectivity index (χ4v) is 4.29. The van der Waals surface area contributed by atoms with E-state index in [1.807, 2.05) is 25.1 Å². The van der Waals surface area contributed by atoms with E-state index in [0.29, 0.717) is 45.3 Å². The van der Waals surface area contributed by atoms with Crippen molar-refractivity contribution in [2.75, 3.05) is 27.2 Å². The second kappa shape index (κ2) is 8.35. The first kappa shape index (κ1) is 22.8. The first-order valence-corrected chi connectivity index (χ1v) is 10.9. The van der Waals surface area contributed by atoms with Gasteiger partial charge in [0.25, 0.3) is 11.8 Å². The lowest BCUT2D eigenvalue weighted by Crippen LogP contribution is -2.43. The quantitative estimate of drug-likeness (QED) is 0.384. The molecule has 0 radical (unpaired) electrons. The summed E-state index contributed by atoms with van der Waals surface area (Å²) < 4.78 is 40.2. The SMILES string of the molecule is CN(C)CCN1C(=O)c2cccc3c(-n4cc(-c5ccc(C(F)(F)F)cc5)cn4)ccc(c23)C1=O. The Balaban J connectivity index is 1.54. The number of rotatable bonds is 5. The smallest absolute Gasteiger partial charge is 0.308 e. The van der Waals surface area contributed by atoms with Gasteiger partial charge in [-0.1, -0.05) is 24.3 Å². The minimum atomic E-state index is -4.40. The van der Waals surface area contributed by atoms with E-state index >= 15 is 0 Å². The van der Waals surface area contributed by atoms with Gasteiger partial charge in [-0.3, -0.25) is 14.5 Å². The molecule has 0 saturated heterocycles. The highest BCUT2D eigenvalue weighted by atomic mass is 19.4. The molecule has 9 heteroatoms. The number of halogens is 3. The van der Waals surface area contributed by atoms with E-state index in [9.17, 15) is 22.8 Å². The van der Waals surface area contributed by atoms with Crippen LogP contribution >= 0.6 is 0 Å². The summed E-state index contributed by atoms with van der Waals surface area (Å²) in [6.07, 6.45) is -1.12. The normalized spacial score (nSPS) is 13.8. The maximum absolute atomic E-state index is 13.1. The molecule has 1 aliphatic heterocycles. The number of amides is 2. The van der Waals surface area contributed by atoms with Crippen LogP contribution in [-0.4, -0.2) is 58.6 Å². The molecule has 0 aliphatic carbocycles. The van der Waals surface area contributed by atoms with E-state index in [4.69, 9.17) is 0 Å². The summed E-state index contributed by atoms with van der Waals surface area (Å²) in [6.45, 7) is 0.846. The van der Waals surface area contributed by atoms with Gasteiger partial charge in [0.1, 0.15) is 0 Å². The van der Waals surface area contributed by atoms with Crippen LogP contribution in [0.15, 0.2) is 67.0 Å². The molecular weight excluding hydrogens is 457 g/mol. The lowest BCUT2D eigenvalue weighted by Gasteiger charge is -2.28. The highest BCUT2D eigenvalue weighted by molar-refractivity contribution is 6.26. The molecule has 4 aromatic rings. The Morgan fingerprint density at radius 2 is 1.57 bits per heavy atom. The number of imide groups is 1. The first-order chi connectivity index (χ1) is 16.6. The maximum atomic E-state index is 13.1. The van der Waals surface area contributed by atoms with E-state index in [-0.39, 0.29) is 18.4 Å². The van der Waals surface area contributed by atoms with Crippen molar-refractivity contribution in [2.45, 2.75) is 6.18 Å². The van der Waals surface area contributed by atoms with Crippen molar-refractivity contribution in [3.8, 4) is 16.8 Å². The number of carbonyl (C=O) groups is 2. The summed E-state index contributed by atoms with van der Waals surface area (Å²) >= 11 is 0. The molecule has 0 bridgehead atoms. The van der Waals surface area contributed by atoms with Gasteiger partial charge in [0.15, 0.2) is 0 Å². The summed E-state index contributed by atoms with van der Waals surface area (Å²) in [7, 11) is 3.76. The fourth-order valence-electron chi connectivity index (χ4n) is 4.29. The third-order valence-electron chi connectivity index (χ3n) is 6.11. The van der Waals surface area contributed by atoms with Crippen LogP contribution in [0.5, 0.6) is 0 Å². The Bertz CT molecular complexity index is 1430. The molecule has 1 aliphatic rings. The summed E-state index contributed by atoms with van der Waals surface area (Å²) in [5.41, 5.74) is 2.08. The molecule has 2 amide bonds. The van der Waals surface area contributed by atoms with Crippen molar-refractivity contribution in [2.24, 2.45) is 0 Å². The standard InChI is InChI=1S/C26H21F3N4O2/c1-31(2)12-13-32-24(34)20-5-3-4-19-22(11-10-21(23(19)20)25(32)35)33-15-17(14-30-33)16-6-8-18(9-7-16)26(27,28)29/h3-11,14-15H,12-13H2,1-2H3. The number of hydrogen-bond acceptors (Lipinski definition) is 4. The van der Waals surface area contributed by atoms with Gasteiger partial charge in [-0.15, -0.1) is 0 Å². The third-order valence-corrected chi connectivity index (χ3v) is 6.11. The Labute approximate surface area is 199 Å². The highest BCUT2D eigenvalue weighted by Crippen LogP contribution is 2.35. The second-order valence-corrected chi connectivity index (χ2v) is 8.67. The van der Waals surface area contributed by atoms with Crippen molar-refractivity contribution >= 4 is 22.6 Å². The maximum Gasteiger partial charge on any atom is 0.416 e. The van der Waals surface area contributed by atoms with Crippen LogP contribution in [0.2, 0.25) is 0 Å². The first-order valence-electron chi connectivity index (χ1n) is 10.9. The van der Waals surface area contributed by atoms with E-state index in [1.165, 1.54) is 17.0 Å². The topological polar surface area (TPSA) is 58.4 Å². The number of alkyl halides is 3. The van der Waals surface area contributed by atoms with Gasteiger partial charge in [0.05, 0.1) is 17.4 Å². The molecule has 0 spiro atoms. The predicted molar refractivity (Wildman–Crippen MR) is 125 cm³/mol. The van der Waals surface area contributed by atoms with E-state index in [0.717, 1.165) is 12.1 Å². The number of nitrogens with zero attached hydrogens (tertiary/aromatic N) is 4. The van der Waals surface area contributed by atoms with Gasteiger partial charge in [0.2, 0.25) is 0 Å². The van der Waals surface area contributed by atoms with Crippen molar-refractivity contribution in [1.29, 1.82) is 0 Å². The van der Waals surface area contributed by atoms with Crippen molar-refractivity contribution < 1.29 is 22.8 Å².